The molecule has 14 aromatic rings. The maximum absolute atomic E-state index is 2.40. The smallest absolute Gasteiger partial charge is 0.0540 e. The van der Waals surface area contributed by atoms with Gasteiger partial charge in [-0.05, 0) is 179 Å². The molecule has 0 saturated carbocycles. The van der Waals surface area contributed by atoms with Crippen LogP contribution < -0.4 is 19.6 Å². The first-order valence-electron chi connectivity index (χ1n) is 29.6. The Bertz CT molecular complexity index is 4630. The fourth-order valence-corrected chi connectivity index (χ4v) is 12.3. The van der Waals surface area contributed by atoms with Crippen LogP contribution in [-0.2, 0) is 0 Å². The minimum absolute atomic E-state index is 0.493. The van der Waals surface area contributed by atoms with Gasteiger partial charge in [0.2, 0.25) is 0 Å². The number of hydrogen-bond acceptors (Lipinski definition) is 4. The molecule has 0 aliphatic heterocycles. The van der Waals surface area contributed by atoms with Gasteiger partial charge in [0.15, 0.2) is 0 Å². The van der Waals surface area contributed by atoms with E-state index in [1.54, 1.807) is 0 Å². The molecule has 14 aromatic carbocycles. The summed E-state index contributed by atoms with van der Waals surface area (Å²) in [5.74, 6) is 0.493. The lowest BCUT2D eigenvalue weighted by Crippen LogP contribution is -2.13. The molecule has 0 saturated heterocycles. The molecular formula is C81H64N4. The number of aryl methyl sites for hydroxylation is 1. The Kier molecular flexibility index (Phi) is 14.1. The summed E-state index contributed by atoms with van der Waals surface area (Å²) in [6.45, 7) is 6.70. The Balaban J connectivity index is 0.815. The van der Waals surface area contributed by atoms with E-state index in [0.29, 0.717) is 5.92 Å². The molecule has 4 nitrogen and oxygen atoms in total. The molecule has 14 rings (SSSR count). The van der Waals surface area contributed by atoms with Gasteiger partial charge in [-0.25, -0.2) is 0 Å². The van der Waals surface area contributed by atoms with Crippen LogP contribution in [0, 0.1) is 6.92 Å². The van der Waals surface area contributed by atoms with E-state index in [9.17, 15) is 0 Å². The molecule has 1 atom stereocenters. The van der Waals surface area contributed by atoms with Crippen LogP contribution in [0.3, 0.4) is 0 Å². The fourth-order valence-electron chi connectivity index (χ4n) is 12.3. The van der Waals surface area contributed by atoms with Crippen molar-refractivity contribution in [3.05, 3.63) is 327 Å². The summed E-state index contributed by atoms with van der Waals surface area (Å²) in [5, 5.41) is 9.59. The largest absolute Gasteiger partial charge is 0.310 e. The average molecular weight is 1090 g/mol. The molecule has 0 aliphatic rings. The molecule has 0 aromatic heterocycles. The number of hydrogen-bond donors (Lipinski definition) is 0. The van der Waals surface area contributed by atoms with Crippen molar-refractivity contribution >= 4 is 111 Å². The van der Waals surface area contributed by atoms with E-state index in [1.165, 1.54) is 54.2 Å². The first-order chi connectivity index (χ1) is 41.9. The van der Waals surface area contributed by atoms with Crippen molar-refractivity contribution in [2.45, 2.75) is 33.1 Å². The van der Waals surface area contributed by atoms with Crippen molar-refractivity contribution < 1.29 is 0 Å². The first kappa shape index (κ1) is 52.4. The van der Waals surface area contributed by atoms with Crippen LogP contribution in [-0.4, -0.2) is 0 Å². The maximum Gasteiger partial charge on any atom is 0.0540 e. The number of rotatable bonds is 15. The van der Waals surface area contributed by atoms with Crippen LogP contribution in [0.15, 0.2) is 315 Å². The molecular weight excluding hydrogens is 1030 g/mol. The Morgan fingerprint density at radius 3 is 0.741 bits per heavy atom. The lowest BCUT2D eigenvalue weighted by Gasteiger charge is -2.30. The lowest BCUT2D eigenvalue weighted by molar-refractivity contribution is 0.733. The quantitative estimate of drug-likeness (QED) is 0.101. The summed E-state index contributed by atoms with van der Waals surface area (Å²) in [7, 11) is 0. The SMILES string of the molecule is CCC(C)c1ccc(N(c2ccc(N(c3ccc(-c4ccc(N(c5ccc(N(c6ccc(C)cc6)c6cccc7ccccc67)cc5)c5cccc6ccccc56)cc4)cc3)c3cccc4ccccc34)cc2)c2cccc3ccccc23)cc1. The topological polar surface area (TPSA) is 13.0 Å². The fraction of sp³-hybridized carbons (Fsp3) is 0.0617. The maximum atomic E-state index is 2.40. The number of nitrogens with zero attached hydrogens (tertiary/aromatic N) is 4. The van der Waals surface area contributed by atoms with E-state index in [1.807, 2.05) is 0 Å². The second-order valence-corrected chi connectivity index (χ2v) is 22.2. The monoisotopic (exact) mass is 1090 g/mol. The van der Waals surface area contributed by atoms with Crippen LogP contribution in [0.1, 0.15) is 37.3 Å². The van der Waals surface area contributed by atoms with Gasteiger partial charge in [0.25, 0.3) is 0 Å². The second kappa shape index (κ2) is 22.9. The van der Waals surface area contributed by atoms with E-state index < -0.39 is 0 Å². The molecule has 408 valence electrons. The Morgan fingerprint density at radius 1 is 0.247 bits per heavy atom. The van der Waals surface area contributed by atoms with Crippen molar-refractivity contribution in [1.82, 2.24) is 0 Å². The zero-order valence-corrected chi connectivity index (χ0v) is 48.1. The predicted molar refractivity (Wildman–Crippen MR) is 364 cm³/mol. The molecule has 0 bridgehead atoms. The number of anilines is 12. The summed E-state index contributed by atoms with van der Waals surface area (Å²) in [6.07, 6.45) is 1.10. The highest BCUT2D eigenvalue weighted by atomic mass is 15.2. The predicted octanol–water partition coefficient (Wildman–Crippen LogP) is 23.7. The highest BCUT2D eigenvalue weighted by Gasteiger charge is 2.22. The van der Waals surface area contributed by atoms with Crippen LogP contribution in [0.4, 0.5) is 68.2 Å². The third kappa shape index (κ3) is 10.2. The zero-order chi connectivity index (χ0) is 57.2. The van der Waals surface area contributed by atoms with E-state index in [0.717, 1.165) is 85.8 Å². The molecule has 85 heavy (non-hydrogen) atoms. The Morgan fingerprint density at radius 2 is 0.471 bits per heavy atom. The van der Waals surface area contributed by atoms with Crippen LogP contribution in [0.2, 0.25) is 0 Å². The van der Waals surface area contributed by atoms with Crippen molar-refractivity contribution in [2.24, 2.45) is 0 Å². The molecule has 4 heteroatoms. The van der Waals surface area contributed by atoms with Crippen LogP contribution >= 0.6 is 0 Å². The van der Waals surface area contributed by atoms with E-state index in [-0.39, 0.29) is 0 Å². The molecule has 0 N–H and O–H groups in total. The van der Waals surface area contributed by atoms with Gasteiger partial charge in [0, 0.05) is 67.0 Å². The Hall–Kier alpha value is -10.7. The summed E-state index contributed by atoms with van der Waals surface area (Å²) >= 11 is 0. The minimum atomic E-state index is 0.493. The van der Waals surface area contributed by atoms with Crippen molar-refractivity contribution in [3.63, 3.8) is 0 Å². The van der Waals surface area contributed by atoms with Crippen molar-refractivity contribution in [2.75, 3.05) is 19.6 Å². The van der Waals surface area contributed by atoms with E-state index in [4.69, 9.17) is 0 Å². The van der Waals surface area contributed by atoms with Gasteiger partial charge in [-0.3, -0.25) is 0 Å². The van der Waals surface area contributed by atoms with E-state index in [2.05, 4.69) is 356 Å². The minimum Gasteiger partial charge on any atom is -0.310 e. The molecule has 0 radical (unpaired) electrons. The number of benzene rings is 14. The van der Waals surface area contributed by atoms with E-state index >= 15 is 0 Å². The summed E-state index contributed by atoms with van der Waals surface area (Å²) in [4.78, 5) is 9.57. The second-order valence-electron chi connectivity index (χ2n) is 22.2. The highest BCUT2D eigenvalue weighted by molar-refractivity contribution is 6.03. The van der Waals surface area contributed by atoms with Gasteiger partial charge in [0.05, 0.1) is 22.7 Å². The molecule has 0 heterocycles. The van der Waals surface area contributed by atoms with Crippen molar-refractivity contribution in [1.29, 1.82) is 0 Å². The summed E-state index contributed by atoms with van der Waals surface area (Å²) < 4.78 is 0. The molecule has 0 aliphatic carbocycles. The van der Waals surface area contributed by atoms with Crippen molar-refractivity contribution in [3.8, 4) is 11.1 Å². The summed E-state index contributed by atoms with van der Waals surface area (Å²) in [6, 6.07) is 115. The summed E-state index contributed by atoms with van der Waals surface area (Å²) in [5.41, 5.74) is 18.1. The van der Waals surface area contributed by atoms with Gasteiger partial charge in [-0.2, -0.15) is 0 Å². The number of fused-ring (bicyclic) bond motifs is 4. The molecule has 0 fully saturated rings. The lowest BCUT2D eigenvalue weighted by atomic mass is 9.98. The van der Waals surface area contributed by atoms with Gasteiger partial charge < -0.3 is 19.6 Å². The normalized spacial score (nSPS) is 11.7. The third-order valence-electron chi connectivity index (χ3n) is 17.0. The van der Waals surface area contributed by atoms with Gasteiger partial charge in [0.1, 0.15) is 0 Å². The van der Waals surface area contributed by atoms with Gasteiger partial charge in [-0.1, -0.05) is 214 Å². The zero-order valence-electron chi connectivity index (χ0n) is 48.1. The molecule has 0 amide bonds. The van der Waals surface area contributed by atoms with Crippen LogP contribution in [0.25, 0.3) is 54.2 Å². The van der Waals surface area contributed by atoms with Gasteiger partial charge >= 0.3 is 0 Å². The first-order valence-corrected chi connectivity index (χ1v) is 29.6. The van der Waals surface area contributed by atoms with Crippen LogP contribution in [0.5, 0.6) is 0 Å². The standard InChI is InChI=1S/C81H64N4/c1-4-58(3)59-35-43-67(44-36-59)83(79-30-14-22-63-18-6-10-26-75(63)79)71-53-55-73(56-54-71)85(81-32-16-24-65-20-8-12-28-77(65)81)69-47-39-61(40-48-69)60-37-45-68(46-38-60)84(80-31-15-23-64-19-7-11-27-76(64)80)72-51-49-70(50-52-72)82(66-41-33-57(2)34-42-66)78-29-13-21-62-17-5-9-25-74(62)78/h5-56,58H,4H2,1-3H3. The third-order valence-corrected chi connectivity index (χ3v) is 17.0. The Labute approximate surface area is 499 Å². The van der Waals surface area contributed by atoms with Gasteiger partial charge in [-0.15, -0.1) is 0 Å². The molecule has 1 unspecified atom stereocenters. The average Bonchev–Trinajstić information content (AvgIpc) is 3.61. The highest BCUT2D eigenvalue weighted by Crippen LogP contribution is 2.46. The molecule has 0 spiro atoms.